The maximum Gasteiger partial charge on any atom is 0.574 e. The van der Waals surface area contributed by atoms with Gasteiger partial charge in [-0.25, -0.2) is 0 Å². The van der Waals surface area contributed by atoms with E-state index >= 15 is 0 Å². The maximum atomic E-state index is 11.8. The zero-order valence-electron chi connectivity index (χ0n) is 6.30. The lowest BCUT2D eigenvalue weighted by atomic mass is 10.2. The van der Waals surface area contributed by atoms with Crippen LogP contribution in [0.25, 0.3) is 0 Å². The van der Waals surface area contributed by atoms with Gasteiger partial charge in [0.15, 0.2) is 5.34 Å². The monoisotopic (exact) mass is 242 g/mol. The Morgan fingerprint density at radius 1 is 1.07 bits per heavy atom. The number of rotatable bonds is 3. The van der Waals surface area contributed by atoms with E-state index < -0.39 is 23.0 Å². The predicted octanol–water partition coefficient (Wildman–Crippen LogP) is 1.78. The zero-order chi connectivity index (χ0) is 12.5. The SMILES string of the molecule is O=NOC([N+](=O)[O-])(C(F)(F)F)C(F)(F)F. The number of nitrogens with zero attached hydrogens (tertiary/aromatic N) is 2. The van der Waals surface area contributed by atoms with Crippen LogP contribution in [0.4, 0.5) is 26.3 Å². The van der Waals surface area contributed by atoms with Crippen LogP contribution in [0.5, 0.6) is 0 Å². The molecule has 0 rings (SSSR count). The van der Waals surface area contributed by atoms with Gasteiger partial charge in [-0.2, -0.15) is 26.3 Å². The van der Waals surface area contributed by atoms with Gasteiger partial charge in [0.25, 0.3) is 0 Å². The predicted molar refractivity (Wildman–Crippen MR) is 28.7 cm³/mol. The maximum absolute atomic E-state index is 11.8. The lowest BCUT2D eigenvalue weighted by Gasteiger charge is -2.24. The van der Waals surface area contributed by atoms with Gasteiger partial charge >= 0.3 is 18.1 Å². The molecule has 0 amide bonds. The molecule has 0 aromatic carbocycles. The van der Waals surface area contributed by atoms with Crippen LogP contribution < -0.4 is 0 Å². The molecule has 0 atom stereocenters. The van der Waals surface area contributed by atoms with E-state index in [0.29, 0.717) is 0 Å². The molecule has 6 nitrogen and oxygen atoms in total. The summed E-state index contributed by atoms with van der Waals surface area (Å²) in [6.45, 7) is 0. The van der Waals surface area contributed by atoms with Crippen LogP contribution in [0.2, 0.25) is 0 Å². The fourth-order valence-corrected chi connectivity index (χ4v) is 0.559. The molecule has 0 heterocycles. The summed E-state index contributed by atoms with van der Waals surface area (Å²) in [6.07, 6.45) is -12.9. The van der Waals surface area contributed by atoms with Gasteiger partial charge in [0, 0.05) is 0 Å². The van der Waals surface area contributed by atoms with Crippen molar-refractivity contribution in [1.29, 1.82) is 0 Å². The normalized spacial score (nSPS) is 13.5. The van der Waals surface area contributed by atoms with Crippen molar-refractivity contribution in [2.75, 3.05) is 0 Å². The first kappa shape index (κ1) is 13.4. The fraction of sp³-hybridized carbons (Fsp3) is 1.00. The van der Waals surface area contributed by atoms with E-state index in [0.717, 1.165) is 5.34 Å². The molecule has 88 valence electrons. The first-order valence-electron chi connectivity index (χ1n) is 2.79. The molecule has 0 saturated carbocycles. The Hall–Kier alpha value is -1.62. The highest BCUT2D eigenvalue weighted by molar-refractivity contribution is 4.85. The second-order valence-corrected chi connectivity index (χ2v) is 2.06. The molecule has 0 aliphatic carbocycles. The Bertz CT molecular complexity index is 257. The summed E-state index contributed by atoms with van der Waals surface area (Å²) in [6, 6.07) is 0. The summed E-state index contributed by atoms with van der Waals surface area (Å²) in [5.74, 6) is 0. The molecule has 0 aliphatic heterocycles. The number of hydrogen-bond acceptors (Lipinski definition) is 5. The summed E-state index contributed by atoms with van der Waals surface area (Å²) in [5.41, 5.74) is -5.83. The van der Waals surface area contributed by atoms with Crippen LogP contribution >= 0.6 is 0 Å². The molecule has 0 bridgehead atoms. The summed E-state index contributed by atoms with van der Waals surface area (Å²) in [7, 11) is 0. The van der Waals surface area contributed by atoms with Crippen molar-refractivity contribution in [1.82, 2.24) is 0 Å². The Kier molecular flexibility index (Phi) is 3.13. The minimum Gasteiger partial charge on any atom is -0.268 e. The first-order chi connectivity index (χ1) is 6.50. The summed E-state index contributed by atoms with van der Waals surface area (Å²) < 4.78 is 70.9. The number of hydrogen-bond donors (Lipinski definition) is 0. The van der Waals surface area contributed by atoms with E-state index in [1.165, 1.54) is 0 Å². The minimum atomic E-state index is -6.47. The van der Waals surface area contributed by atoms with E-state index in [9.17, 15) is 41.4 Å². The molecular weight excluding hydrogens is 242 g/mol. The molecule has 12 heteroatoms. The number of halogens is 6. The van der Waals surface area contributed by atoms with Crippen LogP contribution in [-0.4, -0.2) is 23.0 Å². The summed E-state index contributed by atoms with van der Waals surface area (Å²) in [4.78, 5) is 18.5. The van der Waals surface area contributed by atoms with Crippen LogP contribution in [0.1, 0.15) is 0 Å². The average Bonchev–Trinajstić information content (AvgIpc) is 1.93. The van der Waals surface area contributed by atoms with Crippen LogP contribution in [0, 0.1) is 15.0 Å². The Morgan fingerprint density at radius 2 is 1.40 bits per heavy atom. The molecule has 0 aliphatic rings. The van der Waals surface area contributed by atoms with Crippen molar-refractivity contribution in [3.8, 4) is 0 Å². The van der Waals surface area contributed by atoms with E-state index in [1.807, 2.05) is 0 Å². The third kappa shape index (κ3) is 1.92. The van der Waals surface area contributed by atoms with Crippen molar-refractivity contribution in [2.45, 2.75) is 18.1 Å². The smallest absolute Gasteiger partial charge is 0.268 e. The quantitative estimate of drug-likeness (QED) is 0.248. The van der Waals surface area contributed by atoms with Gasteiger partial charge in [0.05, 0.1) is 4.92 Å². The van der Waals surface area contributed by atoms with Crippen molar-refractivity contribution in [3.63, 3.8) is 0 Å². The molecule has 0 aromatic heterocycles. The Labute approximate surface area is 75.9 Å². The van der Waals surface area contributed by atoms with Gasteiger partial charge < -0.3 is 0 Å². The van der Waals surface area contributed by atoms with Crippen molar-refractivity contribution in [2.24, 2.45) is 5.34 Å². The van der Waals surface area contributed by atoms with E-state index in [-0.39, 0.29) is 0 Å². The molecule has 0 N–H and O–H groups in total. The molecule has 0 fully saturated rings. The van der Waals surface area contributed by atoms with Gasteiger partial charge in [-0.05, 0) is 0 Å². The molecule has 0 saturated heterocycles. The second kappa shape index (κ2) is 3.51. The van der Waals surface area contributed by atoms with Crippen LogP contribution in [0.15, 0.2) is 5.34 Å². The Morgan fingerprint density at radius 3 is 1.47 bits per heavy atom. The van der Waals surface area contributed by atoms with Gasteiger partial charge in [-0.1, -0.05) is 0 Å². The highest BCUT2D eigenvalue weighted by Gasteiger charge is 2.86. The van der Waals surface area contributed by atoms with Gasteiger partial charge in [0.2, 0.25) is 0 Å². The highest BCUT2D eigenvalue weighted by atomic mass is 19.4. The third-order valence-electron chi connectivity index (χ3n) is 1.19. The highest BCUT2D eigenvalue weighted by Crippen LogP contribution is 2.46. The molecule has 0 spiro atoms. The average molecular weight is 242 g/mol. The largest absolute Gasteiger partial charge is 0.574 e. The van der Waals surface area contributed by atoms with Crippen LogP contribution in [-0.2, 0) is 4.84 Å². The summed E-state index contributed by atoms with van der Waals surface area (Å²) in [5, 5.41) is 10.6. The van der Waals surface area contributed by atoms with Crippen LogP contribution in [0.3, 0.4) is 0 Å². The number of nitro groups is 1. The number of alkyl halides is 6. The van der Waals surface area contributed by atoms with E-state index in [2.05, 4.69) is 4.84 Å². The van der Waals surface area contributed by atoms with E-state index in [4.69, 9.17) is 0 Å². The van der Waals surface area contributed by atoms with Gasteiger partial charge in [-0.3, -0.25) is 15.0 Å². The molecule has 15 heavy (non-hydrogen) atoms. The molecule has 0 aromatic rings. The van der Waals surface area contributed by atoms with Crippen molar-refractivity contribution >= 4 is 0 Å². The Balaban J connectivity index is 5.71. The minimum absolute atomic E-state index is 0.831. The van der Waals surface area contributed by atoms with E-state index in [1.54, 1.807) is 0 Å². The lowest BCUT2D eigenvalue weighted by molar-refractivity contribution is -0.712. The third-order valence-corrected chi connectivity index (χ3v) is 1.19. The van der Waals surface area contributed by atoms with Crippen molar-refractivity contribution in [3.05, 3.63) is 15.0 Å². The van der Waals surface area contributed by atoms with Gasteiger partial charge in [-0.15, -0.1) is 4.91 Å². The standard InChI is InChI=1S/C3F6N2O4/c4-2(5,6)1(11(13)14,15-10-12)3(7,8)9. The lowest BCUT2D eigenvalue weighted by Crippen LogP contribution is -2.63. The molecular formula is C3F6N2O4. The fourth-order valence-electron chi connectivity index (χ4n) is 0.559. The second-order valence-electron chi connectivity index (χ2n) is 2.06. The first-order valence-corrected chi connectivity index (χ1v) is 2.79. The molecule has 0 radical (unpaired) electrons. The van der Waals surface area contributed by atoms with Gasteiger partial charge in [0.1, 0.15) is 0 Å². The molecule has 0 unspecified atom stereocenters. The topological polar surface area (TPSA) is 81.8 Å². The summed E-state index contributed by atoms with van der Waals surface area (Å²) >= 11 is 0. The zero-order valence-corrected chi connectivity index (χ0v) is 6.30. The van der Waals surface area contributed by atoms with Crippen molar-refractivity contribution < 1.29 is 36.1 Å².